The van der Waals surface area contributed by atoms with E-state index in [1.54, 1.807) is 24.3 Å². The molecular weight excluding hydrogens is 839 g/mol. The Kier molecular flexibility index (Phi) is 8.17. The maximum atomic E-state index is 15.1. The van der Waals surface area contributed by atoms with Crippen LogP contribution in [0.15, 0.2) is 170 Å². The molecule has 9 aromatic carbocycles. The minimum absolute atomic E-state index is 0.134. The Labute approximate surface area is 391 Å². The molecule has 2 aliphatic carbocycles. The fraction of sp³-hybridized carbons (Fsp3) is 0.0968. The van der Waals surface area contributed by atoms with Crippen molar-refractivity contribution in [3.63, 3.8) is 0 Å². The first-order valence-corrected chi connectivity index (χ1v) is 22.9. The van der Waals surface area contributed by atoms with Gasteiger partial charge in [-0.05, 0) is 116 Å². The van der Waals surface area contributed by atoms with Gasteiger partial charge in [0.05, 0.1) is 44.6 Å². The number of aromatic nitrogens is 2. The Morgan fingerprint density at radius 2 is 0.750 bits per heavy atom. The lowest BCUT2D eigenvalue weighted by atomic mass is 9.82. The van der Waals surface area contributed by atoms with Crippen molar-refractivity contribution < 1.29 is 8.78 Å². The van der Waals surface area contributed by atoms with Crippen LogP contribution in [0.3, 0.4) is 0 Å². The predicted molar refractivity (Wildman–Crippen MR) is 270 cm³/mol. The Balaban J connectivity index is 1.30. The van der Waals surface area contributed by atoms with E-state index < -0.39 is 11.6 Å². The largest absolute Gasteiger partial charge is 0.306 e. The van der Waals surface area contributed by atoms with Crippen molar-refractivity contribution in [1.29, 1.82) is 10.5 Å². The van der Waals surface area contributed by atoms with Crippen molar-refractivity contribution in [2.45, 2.75) is 38.5 Å². The van der Waals surface area contributed by atoms with Crippen LogP contribution >= 0.6 is 0 Å². The maximum Gasteiger partial charge on any atom is 0.123 e. The maximum absolute atomic E-state index is 15.1. The van der Waals surface area contributed by atoms with Gasteiger partial charge in [0.25, 0.3) is 0 Å². The topological polar surface area (TPSA) is 57.4 Å². The highest BCUT2D eigenvalue weighted by Crippen LogP contribution is 2.55. The first-order chi connectivity index (χ1) is 33.0. The van der Waals surface area contributed by atoms with Gasteiger partial charge in [-0.15, -0.1) is 0 Å². The lowest BCUT2D eigenvalue weighted by Gasteiger charge is -2.27. The normalized spacial score (nSPS) is 13.9. The molecule has 0 radical (unpaired) electrons. The monoisotopic (exact) mass is 878 g/mol. The van der Waals surface area contributed by atoms with Gasteiger partial charge in [-0.25, -0.2) is 8.78 Å². The van der Waals surface area contributed by atoms with Gasteiger partial charge in [-0.3, -0.25) is 0 Å². The van der Waals surface area contributed by atoms with Crippen molar-refractivity contribution in [3.8, 4) is 68.0 Å². The number of fused-ring (bicyclic) bond motifs is 12. The molecule has 11 aromatic rings. The average molecular weight is 879 g/mol. The number of hydrogen-bond acceptors (Lipinski definition) is 2. The molecule has 0 N–H and O–H groups in total. The van der Waals surface area contributed by atoms with Gasteiger partial charge in [-0.1, -0.05) is 137 Å². The van der Waals surface area contributed by atoms with Crippen LogP contribution in [-0.2, 0) is 10.8 Å². The summed E-state index contributed by atoms with van der Waals surface area (Å²) in [5, 5.41) is 27.2. The van der Waals surface area contributed by atoms with Crippen molar-refractivity contribution in [3.05, 3.63) is 215 Å². The number of nitrogens with zero attached hydrogens (tertiary/aromatic N) is 4. The molecule has 0 amide bonds. The van der Waals surface area contributed by atoms with E-state index in [0.29, 0.717) is 33.6 Å². The van der Waals surface area contributed by atoms with Crippen LogP contribution in [0, 0.1) is 34.3 Å². The third kappa shape index (κ3) is 5.20. The zero-order valence-corrected chi connectivity index (χ0v) is 37.7. The SMILES string of the molecule is CC1(C)c2ccccc2-c2cc3c4ccccc4n(-c4c(-c5ccc(F)cc5)c(C#N)c(C#N)c(-c5ccc(F)cc5)c4-n4c5ccccc5c5cc6c(cc54)C(C)(C)c4ccccc4-6)c3cc21. The molecule has 6 heteroatoms. The Morgan fingerprint density at radius 1 is 0.382 bits per heavy atom. The van der Waals surface area contributed by atoms with E-state index in [1.807, 2.05) is 12.1 Å². The van der Waals surface area contributed by atoms with Gasteiger partial charge >= 0.3 is 0 Å². The molecule has 2 heterocycles. The van der Waals surface area contributed by atoms with E-state index in [4.69, 9.17) is 0 Å². The average Bonchev–Trinajstić information content (AvgIpc) is 4.00. The Morgan fingerprint density at radius 3 is 1.15 bits per heavy atom. The minimum atomic E-state index is -0.424. The van der Waals surface area contributed by atoms with Gasteiger partial charge in [0.15, 0.2) is 0 Å². The molecule has 0 atom stereocenters. The molecule has 13 rings (SSSR count). The summed E-state index contributed by atoms with van der Waals surface area (Å²) >= 11 is 0. The molecule has 322 valence electrons. The van der Waals surface area contributed by atoms with Crippen molar-refractivity contribution in [2.75, 3.05) is 0 Å². The third-order valence-corrected chi connectivity index (χ3v) is 15.1. The number of para-hydroxylation sites is 2. The van der Waals surface area contributed by atoms with Gasteiger partial charge in [0.2, 0.25) is 0 Å². The van der Waals surface area contributed by atoms with E-state index >= 15 is 8.78 Å². The highest BCUT2D eigenvalue weighted by molar-refractivity contribution is 6.16. The van der Waals surface area contributed by atoms with E-state index in [-0.39, 0.29) is 22.0 Å². The standard InChI is InChI=1S/C62H40F2N4/c1-61(2)49-17-9-5-13-39(49)43-29-45-41-15-7-11-19-53(41)67(55(45)31-51(43)61)59-57(35-21-25-37(63)26-22-35)47(33-65)48(34-66)58(36-23-27-38(64)28-24-36)60(59)68-54-20-12-8-16-42(54)46-30-44-40-14-6-10-18-50(40)62(3,4)52(44)32-56(46)68/h5-32H,1-4H3. The fourth-order valence-corrected chi connectivity index (χ4v) is 12.0. The number of halogens is 2. The second kappa shape index (κ2) is 14.0. The number of rotatable bonds is 4. The molecule has 0 spiro atoms. The molecular formula is C62H40F2N4. The minimum Gasteiger partial charge on any atom is -0.306 e. The number of nitriles is 2. The van der Waals surface area contributed by atoms with Crippen LogP contribution in [0.25, 0.3) is 99.5 Å². The van der Waals surface area contributed by atoms with Gasteiger partial charge in [0.1, 0.15) is 23.8 Å². The zero-order valence-electron chi connectivity index (χ0n) is 37.7. The van der Waals surface area contributed by atoms with Crippen molar-refractivity contribution in [2.24, 2.45) is 0 Å². The third-order valence-electron chi connectivity index (χ3n) is 15.1. The Hall–Kier alpha value is -8.58. The quantitative estimate of drug-likeness (QED) is 0.177. The molecule has 0 bridgehead atoms. The first kappa shape index (κ1) is 39.8. The highest BCUT2D eigenvalue weighted by Gasteiger charge is 2.39. The van der Waals surface area contributed by atoms with Crippen LogP contribution in [0.4, 0.5) is 8.78 Å². The van der Waals surface area contributed by atoms with E-state index in [1.165, 1.54) is 68.8 Å². The van der Waals surface area contributed by atoms with Crippen LogP contribution in [0.1, 0.15) is 61.1 Å². The highest BCUT2D eigenvalue weighted by atomic mass is 19.1. The lowest BCUT2D eigenvalue weighted by molar-refractivity contribution is 0.627. The summed E-state index contributed by atoms with van der Waals surface area (Å²) < 4.78 is 34.8. The summed E-state index contributed by atoms with van der Waals surface area (Å²) in [6.45, 7) is 9.07. The van der Waals surface area contributed by atoms with E-state index in [2.05, 4.69) is 158 Å². The van der Waals surface area contributed by atoms with Crippen molar-refractivity contribution >= 4 is 43.6 Å². The van der Waals surface area contributed by atoms with Crippen LogP contribution in [0.5, 0.6) is 0 Å². The molecule has 2 aromatic heterocycles. The summed E-state index contributed by atoms with van der Waals surface area (Å²) in [6, 6.07) is 60.5. The van der Waals surface area contributed by atoms with Crippen LogP contribution in [0.2, 0.25) is 0 Å². The summed E-state index contributed by atoms with van der Waals surface area (Å²) in [5.74, 6) is -0.849. The Bertz CT molecular complexity index is 3850. The molecule has 0 aliphatic heterocycles. The van der Waals surface area contributed by atoms with E-state index in [0.717, 1.165) is 43.6 Å². The van der Waals surface area contributed by atoms with Gasteiger partial charge in [-0.2, -0.15) is 10.5 Å². The second-order valence-corrected chi connectivity index (χ2v) is 19.3. The molecule has 4 nitrogen and oxygen atoms in total. The molecule has 0 saturated heterocycles. The molecule has 0 unspecified atom stereocenters. The van der Waals surface area contributed by atoms with E-state index in [9.17, 15) is 10.5 Å². The van der Waals surface area contributed by atoms with Crippen molar-refractivity contribution in [1.82, 2.24) is 9.13 Å². The summed E-state index contributed by atoms with van der Waals surface area (Å²) in [6.07, 6.45) is 0. The summed E-state index contributed by atoms with van der Waals surface area (Å²) in [7, 11) is 0. The first-order valence-electron chi connectivity index (χ1n) is 22.9. The zero-order chi connectivity index (χ0) is 46.4. The molecule has 68 heavy (non-hydrogen) atoms. The van der Waals surface area contributed by atoms with Crippen LogP contribution < -0.4 is 0 Å². The van der Waals surface area contributed by atoms with Gasteiger partial charge in [0, 0.05) is 43.5 Å². The van der Waals surface area contributed by atoms with Crippen LogP contribution in [-0.4, -0.2) is 9.13 Å². The summed E-state index contributed by atoms with van der Waals surface area (Å²) in [4.78, 5) is 0. The predicted octanol–water partition coefficient (Wildman–Crippen LogP) is 15.8. The molecule has 2 aliphatic rings. The fourth-order valence-electron chi connectivity index (χ4n) is 12.0. The smallest absolute Gasteiger partial charge is 0.123 e. The lowest BCUT2D eigenvalue weighted by Crippen LogP contribution is -2.16. The second-order valence-electron chi connectivity index (χ2n) is 19.3. The van der Waals surface area contributed by atoms with Gasteiger partial charge < -0.3 is 9.13 Å². The molecule has 0 saturated carbocycles. The number of benzene rings is 9. The summed E-state index contributed by atoms with van der Waals surface area (Å²) in [5.41, 5.74) is 16.1. The molecule has 0 fully saturated rings. The number of hydrogen-bond donors (Lipinski definition) is 0.